The van der Waals surface area contributed by atoms with Crippen LogP contribution in [0.1, 0.15) is 36.8 Å². The minimum absolute atomic E-state index is 0. The summed E-state index contributed by atoms with van der Waals surface area (Å²) >= 11 is 12.0. The van der Waals surface area contributed by atoms with Crippen LogP contribution in [0.3, 0.4) is 0 Å². The van der Waals surface area contributed by atoms with E-state index < -0.39 is 18.1 Å². The molecular formula is C38H53Cl3N12O4. The van der Waals surface area contributed by atoms with Gasteiger partial charge in [0.1, 0.15) is 12.2 Å². The number of nitrogens with one attached hydrogen (secondary N) is 2. The van der Waals surface area contributed by atoms with Gasteiger partial charge in [-0.25, -0.2) is 5.10 Å². The molecule has 4 fully saturated rings. The van der Waals surface area contributed by atoms with Gasteiger partial charge in [-0.1, -0.05) is 47.5 Å². The Hall–Kier alpha value is -4.05. The number of rotatable bonds is 9. The molecule has 19 heteroatoms. The summed E-state index contributed by atoms with van der Waals surface area (Å²) in [6.45, 7) is 8.71. The van der Waals surface area contributed by atoms with E-state index in [1.165, 1.54) is 17.3 Å². The molecule has 4 atom stereocenters. The molecule has 4 saturated heterocycles. The molecule has 0 bridgehead atoms. The van der Waals surface area contributed by atoms with Crippen molar-refractivity contribution in [3.63, 3.8) is 0 Å². The molecule has 4 aliphatic heterocycles. The summed E-state index contributed by atoms with van der Waals surface area (Å²) in [5, 5.41) is 19.1. The van der Waals surface area contributed by atoms with E-state index in [1.807, 2.05) is 36.4 Å². The van der Waals surface area contributed by atoms with E-state index in [-0.39, 0.29) is 30.4 Å². The lowest BCUT2D eigenvalue weighted by atomic mass is 9.96. The van der Waals surface area contributed by atoms with Gasteiger partial charge in [0, 0.05) is 67.1 Å². The molecule has 5 heterocycles. The van der Waals surface area contributed by atoms with Gasteiger partial charge in [0.2, 0.25) is 29.9 Å². The van der Waals surface area contributed by atoms with Crippen LogP contribution in [0.4, 0.5) is 11.9 Å². The third kappa shape index (κ3) is 13.5. The molecule has 310 valence electrons. The number of carbonyl (C=O) groups is 2. The number of carbonyl (C=O) groups excluding carboxylic acids is 2. The molecule has 3 aromatic rings. The van der Waals surface area contributed by atoms with Gasteiger partial charge in [0.05, 0.1) is 13.2 Å². The molecule has 8 N–H and O–H groups in total. The number of nitrogen functional groups attached to an aromatic ring is 1. The Kier molecular flexibility index (Phi) is 18.2. The van der Waals surface area contributed by atoms with Crippen LogP contribution in [0, 0.1) is 11.5 Å². The number of hydrogen-bond donors (Lipinski definition) is 5. The average Bonchev–Trinajstić information content (AvgIpc) is 3.66. The first kappa shape index (κ1) is 45.6. The number of primary amides is 2. The molecule has 1 aromatic heterocycles. The predicted molar refractivity (Wildman–Crippen MR) is 224 cm³/mol. The number of halogens is 3. The summed E-state index contributed by atoms with van der Waals surface area (Å²) in [6, 6.07) is 17.1. The highest BCUT2D eigenvalue weighted by Crippen LogP contribution is 2.27. The first-order valence-electron chi connectivity index (χ1n) is 18.8. The largest absolute Gasteiger partial charge is 0.368 e. The number of piperidine rings is 2. The average molecular weight is 848 g/mol. The van der Waals surface area contributed by atoms with Gasteiger partial charge in [-0.2, -0.15) is 15.2 Å². The van der Waals surface area contributed by atoms with Crippen molar-refractivity contribution in [2.24, 2.45) is 16.5 Å². The fourth-order valence-electron chi connectivity index (χ4n) is 7.75. The van der Waals surface area contributed by atoms with Gasteiger partial charge in [-0.3, -0.25) is 19.4 Å². The number of morpholine rings is 2. The number of nitriles is 1. The van der Waals surface area contributed by atoms with E-state index in [4.69, 9.17) is 55.1 Å². The molecule has 4 aliphatic rings. The zero-order chi connectivity index (χ0) is 40.0. The predicted octanol–water partition coefficient (Wildman–Crippen LogP) is 2.59. The maximum Gasteiger partial charge on any atom is 0.247 e. The minimum Gasteiger partial charge on any atom is -0.368 e. The van der Waals surface area contributed by atoms with Crippen LogP contribution >= 0.6 is 35.6 Å². The van der Waals surface area contributed by atoms with E-state index >= 15 is 0 Å². The summed E-state index contributed by atoms with van der Waals surface area (Å²) in [5.74, 6) is 0.181. The fraction of sp³-hybridized carbons (Fsp3) is 0.526. The number of nitrogens with zero attached hydrogens (tertiary/aromatic N) is 7. The van der Waals surface area contributed by atoms with Crippen LogP contribution in [0.5, 0.6) is 0 Å². The summed E-state index contributed by atoms with van der Waals surface area (Å²) < 4.78 is 11.5. The number of aromatic amines is 1. The maximum absolute atomic E-state index is 11.7. The SMILES string of the molecule is C=NC#N.Cl.NC(=O)[C@@H]1CN(C2CCN(c3n[nH]c(N)n3)CC2)C(Cc2ccc(Cl)cc2)CO1.NC(=O)[C@@H]1CN(C2CCNCC2)C(Cc2ccc(Cl)cc2)CO1. The Morgan fingerprint density at radius 3 is 1.67 bits per heavy atom. The molecular weight excluding hydrogens is 795 g/mol. The third-order valence-electron chi connectivity index (χ3n) is 10.6. The van der Waals surface area contributed by atoms with Crippen LogP contribution in [-0.2, 0) is 31.9 Å². The smallest absolute Gasteiger partial charge is 0.247 e. The molecule has 0 saturated carbocycles. The number of aliphatic imine (C=N–C) groups is 1. The monoisotopic (exact) mass is 846 g/mol. The van der Waals surface area contributed by atoms with Crippen LogP contribution in [0.25, 0.3) is 0 Å². The van der Waals surface area contributed by atoms with Crippen molar-refractivity contribution < 1.29 is 19.1 Å². The second kappa shape index (κ2) is 22.8. The van der Waals surface area contributed by atoms with Gasteiger partial charge in [-0.05, 0) is 87.0 Å². The summed E-state index contributed by atoms with van der Waals surface area (Å²) in [4.78, 5) is 37.2. The van der Waals surface area contributed by atoms with Crippen molar-refractivity contribution in [2.75, 3.05) is 63.1 Å². The first-order valence-corrected chi connectivity index (χ1v) is 19.6. The molecule has 2 aromatic carbocycles. The number of anilines is 2. The molecule has 2 unspecified atom stereocenters. The molecule has 57 heavy (non-hydrogen) atoms. The zero-order valence-corrected chi connectivity index (χ0v) is 34.2. The number of benzene rings is 2. The van der Waals surface area contributed by atoms with E-state index in [1.54, 1.807) is 0 Å². The van der Waals surface area contributed by atoms with E-state index in [0.29, 0.717) is 50.3 Å². The Morgan fingerprint density at radius 2 is 1.28 bits per heavy atom. The van der Waals surface area contributed by atoms with Crippen molar-refractivity contribution in [3.05, 3.63) is 69.7 Å². The van der Waals surface area contributed by atoms with E-state index in [0.717, 1.165) is 74.7 Å². The number of nitrogens with two attached hydrogens (primary N) is 3. The quantitative estimate of drug-likeness (QED) is 0.155. The molecule has 2 amide bonds. The van der Waals surface area contributed by atoms with Crippen LogP contribution in [0.2, 0.25) is 10.0 Å². The Bertz CT molecular complexity index is 1750. The van der Waals surface area contributed by atoms with Gasteiger partial charge in [-0.15, -0.1) is 17.5 Å². The molecule has 0 radical (unpaired) electrons. The molecule has 7 rings (SSSR count). The summed E-state index contributed by atoms with van der Waals surface area (Å²) in [6.07, 6.45) is 6.19. The van der Waals surface area contributed by atoms with Crippen LogP contribution < -0.4 is 27.4 Å². The lowest BCUT2D eigenvalue weighted by molar-refractivity contribution is -0.142. The highest BCUT2D eigenvalue weighted by Gasteiger charge is 2.38. The van der Waals surface area contributed by atoms with Crippen molar-refractivity contribution in [3.8, 4) is 6.19 Å². The van der Waals surface area contributed by atoms with Gasteiger partial charge < -0.3 is 36.9 Å². The second-order valence-corrected chi connectivity index (χ2v) is 15.2. The Balaban J connectivity index is 0.000000232. The van der Waals surface area contributed by atoms with Crippen molar-refractivity contribution in [1.82, 2.24) is 30.3 Å². The highest BCUT2D eigenvalue weighted by atomic mass is 35.5. The lowest BCUT2D eigenvalue weighted by Crippen LogP contribution is -2.59. The van der Waals surface area contributed by atoms with Gasteiger partial charge in [0.25, 0.3) is 0 Å². The summed E-state index contributed by atoms with van der Waals surface area (Å²) in [5.41, 5.74) is 19.1. The van der Waals surface area contributed by atoms with E-state index in [2.05, 4.69) is 59.0 Å². The Morgan fingerprint density at radius 1 is 0.842 bits per heavy atom. The van der Waals surface area contributed by atoms with Crippen molar-refractivity contribution in [1.29, 1.82) is 5.26 Å². The van der Waals surface area contributed by atoms with Gasteiger partial charge >= 0.3 is 0 Å². The number of H-pyrrole nitrogens is 1. The van der Waals surface area contributed by atoms with Crippen molar-refractivity contribution in [2.45, 2.75) is 74.9 Å². The molecule has 16 nitrogen and oxygen atoms in total. The van der Waals surface area contributed by atoms with Gasteiger partial charge in [0.15, 0.2) is 0 Å². The number of hydrogen-bond acceptors (Lipinski definition) is 13. The van der Waals surface area contributed by atoms with Crippen molar-refractivity contribution >= 4 is 66.0 Å². The fourth-order valence-corrected chi connectivity index (χ4v) is 8.00. The van der Waals surface area contributed by atoms with Crippen LogP contribution in [-0.4, -0.2) is 132 Å². The summed E-state index contributed by atoms with van der Waals surface area (Å²) in [7, 11) is 0. The normalized spacial score (nSPS) is 23.4. The number of aromatic nitrogens is 3. The Labute approximate surface area is 349 Å². The molecule has 0 spiro atoms. The second-order valence-electron chi connectivity index (χ2n) is 14.3. The minimum atomic E-state index is -0.567. The number of amides is 2. The lowest BCUT2D eigenvalue weighted by Gasteiger charge is -2.46. The first-order chi connectivity index (χ1) is 27.0. The number of ether oxygens (including phenoxy) is 2. The van der Waals surface area contributed by atoms with Crippen LogP contribution in [0.15, 0.2) is 53.5 Å². The third-order valence-corrected chi connectivity index (χ3v) is 11.1. The topological polar surface area (TPSA) is 230 Å². The maximum atomic E-state index is 11.7. The van der Waals surface area contributed by atoms with E-state index in [9.17, 15) is 9.59 Å². The standard InChI is InChI=1S/C19H26ClN7O2.C17H24ClN3O2.C2H2N2.ClH/c20-13-3-1-12(2-4-13)9-15-11-29-16(17(21)28)10-27(15)14-5-7-26(8-6-14)19-23-18(22)24-25-19;18-13-3-1-12(2-4-13)9-15-11-23-16(17(19)22)10-21(15)14-5-7-20-8-6-14;1-4-2-3;/h1-4,14-16H,5-11H2,(H2,21,28)(H3,22,23,24,25);1-4,14-16,20H,5-11H2,(H2,19,22);1H2;1H/t2*15?,16-;;/m00../s1. The zero-order valence-electron chi connectivity index (χ0n) is 31.8. The highest BCUT2D eigenvalue weighted by molar-refractivity contribution is 6.30. The molecule has 0 aliphatic carbocycles.